The topological polar surface area (TPSA) is 51.0 Å². The first-order valence-electron chi connectivity index (χ1n) is 22.5. The van der Waals surface area contributed by atoms with Crippen LogP contribution in [0.5, 0.6) is 0 Å². The van der Waals surface area contributed by atoms with Gasteiger partial charge in [-0.3, -0.25) is 0 Å². The lowest BCUT2D eigenvalue weighted by molar-refractivity contribution is 0.383. The number of furan rings is 1. The molecule has 0 saturated carbocycles. The number of hydrogen-bond acceptors (Lipinski definition) is 4. The molecule has 13 aromatic rings. The van der Waals surface area contributed by atoms with E-state index in [-0.39, 0.29) is 6.17 Å². The molecule has 0 radical (unpaired) electrons. The molecular weight excluding hydrogens is 807 g/mol. The molecular formula is C60H39N5O. The fourth-order valence-corrected chi connectivity index (χ4v) is 10.7. The maximum Gasteiger partial charge on any atom is 0.159 e. The lowest BCUT2D eigenvalue weighted by atomic mass is 10.0. The van der Waals surface area contributed by atoms with Crippen LogP contribution in [0.4, 0.5) is 0 Å². The van der Waals surface area contributed by atoms with Crippen LogP contribution in [0, 0.1) is 0 Å². The van der Waals surface area contributed by atoms with Gasteiger partial charge in [0.1, 0.15) is 23.2 Å². The molecule has 14 rings (SSSR count). The van der Waals surface area contributed by atoms with E-state index >= 15 is 0 Å². The fraction of sp³-hybridized carbons (Fsp3) is 0.0333. The van der Waals surface area contributed by atoms with Gasteiger partial charge in [-0.15, -0.1) is 0 Å². The highest BCUT2D eigenvalue weighted by Gasteiger charge is 2.31. The minimum atomic E-state index is -0.340. The highest BCUT2D eigenvalue weighted by Crippen LogP contribution is 2.44. The molecule has 0 spiro atoms. The quantitative estimate of drug-likeness (QED) is 0.173. The van der Waals surface area contributed by atoms with Crippen molar-refractivity contribution in [1.29, 1.82) is 0 Å². The van der Waals surface area contributed by atoms with Gasteiger partial charge in [-0.1, -0.05) is 140 Å². The zero-order valence-electron chi connectivity index (χ0n) is 35.9. The van der Waals surface area contributed by atoms with Gasteiger partial charge in [-0.2, -0.15) is 0 Å². The van der Waals surface area contributed by atoms with Crippen LogP contribution in [0.3, 0.4) is 0 Å². The molecule has 0 unspecified atom stereocenters. The van der Waals surface area contributed by atoms with Crippen molar-refractivity contribution in [2.45, 2.75) is 6.17 Å². The van der Waals surface area contributed by atoms with E-state index in [9.17, 15) is 0 Å². The van der Waals surface area contributed by atoms with E-state index in [0.717, 1.165) is 83.3 Å². The Morgan fingerprint density at radius 1 is 0.455 bits per heavy atom. The van der Waals surface area contributed by atoms with Gasteiger partial charge in [0.25, 0.3) is 0 Å². The largest absolute Gasteiger partial charge is 0.455 e. The van der Waals surface area contributed by atoms with Gasteiger partial charge in [-0.05, 0) is 99.9 Å². The van der Waals surface area contributed by atoms with Crippen molar-refractivity contribution in [2.24, 2.45) is 9.98 Å². The summed E-state index contributed by atoms with van der Waals surface area (Å²) in [5.74, 6) is 1.46. The fourth-order valence-electron chi connectivity index (χ4n) is 10.7. The molecule has 0 N–H and O–H groups in total. The Labute approximate surface area is 379 Å². The molecule has 4 heterocycles. The second-order valence-corrected chi connectivity index (χ2v) is 17.4. The predicted octanol–water partition coefficient (Wildman–Crippen LogP) is 14.9. The van der Waals surface area contributed by atoms with Gasteiger partial charge < -0.3 is 18.5 Å². The highest BCUT2D eigenvalue weighted by molar-refractivity contribution is 6.26. The van der Waals surface area contributed by atoms with E-state index in [0.29, 0.717) is 5.84 Å². The van der Waals surface area contributed by atoms with Crippen molar-refractivity contribution in [3.63, 3.8) is 0 Å². The summed E-state index contributed by atoms with van der Waals surface area (Å²) < 4.78 is 11.8. The van der Waals surface area contributed by atoms with Crippen molar-refractivity contribution >= 4 is 98.8 Å². The molecule has 10 aromatic carbocycles. The first kappa shape index (κ1) is 36.7. The van der Waals surface area contributed by atoms with Gasteiger partial charge in [0.2, 0.25) is 0 Å². The maximum absolute atomic E-state index is 7.06. The van der Waals surface area contributed by atoms with Crippen LogP contribution in [0.25, 0.3) is 98.5 Å². The van der Waals surface area contributed by atoms with Crippen LogP contribution >= 0.6 is 0 Å². The molecule has 0 aliphatic carbocycles. The lowest BCUT2D eigenvalue weighted by Crippen LogP contribution is -2.35. The number of para-hydroxylation sites is 3. The number of nitrogens with zero attached hydrogens (tertiary/aromatic N) is 5. The van der Waals surface area contributed by atoms with E-state index < -0.39 is 0 Å². The van der Waals surface area contributed by atoms with E-state index in [1.165, 1.54) is 37.7 Å². The molecule has 6 heteroatoms. The Kier molecular flexibility index (Phi) is 7.86. The third-order valence-electron chi connectivity index (χ3n) is 13.7. The Balaban J connectivity index is 1.02. The minimum absolute atomic E-state index is 0.340. The molecule has 0 bridgehead atoms. The third-order valence-corrected chi connectivity index (χ3v) is 13.7. The Morgan fingerprint density at radius 2 is 1.12 bits per heavy atom. The summed E-state index contributed by atoms with van der Waals surface area (Å²) in [6, 6.07) is 75.9. The van der Waals surface area contributed by atoms with Gasteiger partial charge >= 0.3 is 0 Å². The molecule has 0 fully saturated rings. The normalized spacial score (nSPS) is 14.4. The van der Waals surface area contributed by atoms with Crippen molar-refractivity contribution in [2.75, 3.05) is 7.05 Å². The summed E-state index contributed by atoms with van der Waals surface area (Å²) in [5, 5.41) is 11.7. The average Bonchev–Trinajstić information content (AvgIpc) is 4.04. The number of aromatic nitrogens is 2. The first-order chi connectivity index (χ1) is 32.7. The van der Waals surface area contributed by atoms with Gasteiger partial charge in [0, 0.05) is 45.2 Å². The summed E-state index contributed by atoms with van der Waals surface area (Å²) in [6.45, 7) is 0. The Morgan fingerprint density at radius 3 is 1.95 bits per heavy atom. The zero-order valence-corrected chi connectivity index (χ0v) is 35.9. The summed E-state index contributed by atoms with van der Waals surface area (Å²) in [6.07, 6.45) is -0.340. The number of hydrogen-bond donors (Lipinski definition) is 0. The van der Waals surface area contributed by atoms with E-state index in [1.807, 2.05) is 6.07 Å². The van der Waals surface area contributed by atoms with E-state index in [2.05, 4.69) is 227 Å². The van der Waals surface area contributed by atoms with Crippen molar-refractivity contribution in [3.8, 4) is 11.4 Å². The number of rotatable bonds is 5. The number of amidine groups is 2. The average molecular weight is 846 g/mol. The monoisotopic (exact) mass is 845 g/mol. The SMILES string of the molecule is CN1C(c2ccc(-n3c4cc5ccccc5cc4c4c5ccccc5ccc43)c3c2oc2ccccc23)=NC(c2ccc3c(c2)c2ccccc2n3-c2ccccc2)=N[C@@H]1c1ccccc1. The molecule has 6 nitrogen and oxygen atoms in total. The standard InChI is InChI=1S/C60H39N5O/c1-63-59(38-17-4-2-5-18-38)61-58(41-29-31-50-47(35-41)44-24-12-14-26-49(44)64(50)42-21-6-3-7-22-42)62-60(63)46-30-33-52(56-45-25-13-15-27-54(45)66-57(46)56)65-51-32-28-37-16-10-11-23-43(37)55(51)48-34-39-19-8-9-20-40(39)36-53(48)65/h2-36,59H,1H3/t59-/m0/s1. The van der Waals surface area contributed by atoms with Gasteiger partial charge in [-0.25, -0.2) is 9.98 Å². The van der Waals surface area contributed by atoms with Crippen LogP contribution in [0.1, 0.15) is 22.9 Å². The Hall–Kier alpha value is -8.74. The van der Waals surface area contributed by atoms with Gasteiger partial charge in [0.15, 0.2) is 5.84 Å². The summed E-state index contributed by atoms with van der Waals surface area (Å²) in [7, 11) is 2.10. The Bertz CT molecular complexity index is 4190. The van der Waals surface area contributed by atoms with E-state index in [1.54, 1.807) is 0 Å². The van der Waals surface area contributed by atoms with Gasteiger partial charge in [0.05, 0.1) is 38.7 Å². The van der Waals surface area contributed by atoms with Crippen molar-refractivity contribution in [1.82, 2.24) is 14.0 Å². The number of aliphatic imine (C=N–C) groups is 2. The second-order valence-electron chi connectivity index (χ2n) is 17.4. The molecule has 310 valence electrons. The highest BCUT2D eigenvalue weighted by atomic mass is 16.3. The number of benzene rings is 10. The maximum atomic E-state index is 7.06. The van der Waals surface area contributed by atoms with Crippen LogP contribution in [-0.4, -0.2) is 32.8 Å². The van der Waals surface area contributed by atoms with Crippen molar-refractivity contribution < 1.29 is 4.42 Å². The predicted molar refractivity (Wildman–Crippen MR) is 274 cm³/mol. The summed E-state index contributed by atoms with van der Waals surface area (Å²) in [5.41, 5.74) is 11.3. The third kappa shape index (κ3) is 5.36. The summed E-state index contributed by atoms with van der Waals surface area (Å²) in [4.78, 5) is 13.2. The van der Waals surface area contributed by atoms with E-state index in [4.69, 9.17) is 14.4 Å². The zero-order chi connectivity index (χ0) is 43.5. The summed E-state index contributed by atoms with van der Waals surface area (Å²) >= 11 is 0. The van der Waals surface area contributed by atoms with Crippen LogP contribution in [0.2, 0.25) is 0 Å². The molecule has 1 aliphatic rings. The smallest absolute Gasteiger partial charge is 0.159 e. The first-order valence-corrected chi connectivity index (χ1v) is 22.5. The minimum Gasteiger partial charge on any atom is -0.455 e. The van der Waals surface area contributed by atoms with Crippen molar-refractivity contribution in [3.05, 3.63) is 229 Å². The molecule has 3 aromatic heterocycles. The molecule has 1 atom stereocenters. The molecule has 0 amide bonds. The second kappa shape index (κ2) is 14.1. The van der Waals surface area contributed by atoms with Crippen LogP contribution in [0.15, 0.2) is 227 Å². The number of fused-ring (bicyclic) bond motifs is 12. The molecule has 0 saturated heterocycles. The lowest BCUT2D eigenvalue weighted by Gasteiger charge is -2.32. The molecule has 1 aliphatic heterocycles. The van der Waals surface area contributed by atoms with Crippen LogP contribution in [-0.2, 0) is 0 Å². The molecule has 66 heavy (non-hydrogen) atoms. The van der Waals surface area contributed by atoms with Crippen LogP contribution < -0.4 is 0 Å².